The smallest absolute Gasteiger partial charge is 0.245 e. The van der Waals surface area contributed by atoms with E-state index in [9.17, 15) is 13.2 Å². The van der Waals surface area contributed by atoms with E-state index in [0.29, 0.717) is 13.0 Å². The van der Waals surface area contributed by atoms with E-state index < -0.39 is 16.1 Å². The van der Waals surface area contributed by atoms with Crippen LogP contribution in [-0.2, 0) is 14.8 Å². The minimum atomic E-state index is -3.70. The van der Waals surface area contributed by atoms with Crippen LogP contribution in [0.2, 0.25) is 0 Å². The molecule has 1 heterocycles. The van der Waals surface area contributed by atoms with Gasteiger partial charge in [-0.05, 0) is 43.2 Å². The summed E-state index contributed by atoms with van der Waals surface area (Å²) in [6.45, 7) is 2.33. The first-order chi connectivity index (χ1) is 11.0. The first-order valence-electron chi connectivity index (χ1n) is 7.43. The SMILES string of the molecule is Cc1cccc(S(=O)(=O)NC2CCN(c3ccccc3)C2=O)c1. The van der Waals surface area contributed by atoms with E-state index in [1.54, 1.807) is 17.0 Å². The van der Waals surface area contributed by atoms with Crippen LogP contribution in [0.3, 0.4) is 0 Å². The standard InChI is InChI=1S/C17H18N2O3S/c1-13-6-5-9-15(12-13)23(21,22)18-16-10-11-19(17(16)20)14-7-3-2-4-8-14/h2-9,12,16,18H,10-11H2,1H3. The fourth-order valence-electron chi connectivity index (χ4n) is 2.69. The molecule has 1 unspecified atom stereocenters. The van der Waals surface area contributed by atoms with Crippen molar-refractivity contribution in [2.24, 2.45) is 0 Å². The normalized spacial score (nSPS) is 18.4. The van der Waals surface area contributed by atoms with Crippen molar-refractivity contribution in [3.05, 3.63) is 60.2 Å². The number of hydrogen-bond donors (Lipinski definition) is 1. The highest BCUT2D eigenvalue weighted by Crippen LogP contribution is 2.22. The Morgan fingerprint density at radius 1 is 1.09 bits per heavy atom. The molecule has 1 atom stereocenters. The fourth-order valence-corrected chi connectivity index (χ4v) is 4.02. The average molecular weight is 330 g/mol. The monoisotopic (exact) mass is 330 g/mol. The molecule has 0 saturated carbocycles. The first kappa shape index (κ1) is 15.7. The molecule has 1 aliphatic heterocycles. The number of nitrogens with one attached hydrogen (secondary N) is 1. The number of para-hydroxylation sites is 1. The molecule has 2 aromatic carbocycles. The van der Waals surface area contributed by atoms with Gasteiger partial charge < -0.3 is 4.90 Å². The summed E-state index contributed by atoms with van der Waals surface area (Å²) in [6.07, 6.45) is 0.457. The highest BCUT2D eigenvalue weighted by Gasteiger charge is 2.35. The molecular weight excluding hydrogens is 312 g/mol. The summed E-state index contributed by atoms with van der Waals surface area (Å²) < 4.78 is 27.4. The highest BCUT2D eigenvalue weighted by molar-refractivity contribution is 7.89. The molecule has 5 nitrogen and oxygen atoms in total. The van der Waals surface area contributed by atoms with Crippen molar-refractivity contribution in [2.45, 2.75) is 24.3 Å². The van der Waals surface area contributed by atoms with Crippen LogP contribution in [0, 0.1) is 6.92 Å². The van der Waals surface area contributed by atoms with Crippen LogP contribution < -0.4 is 9.62 Å². The number of rotatable bonds is 4. The Morgan fingerprint density at radius 3 is 2.52 bits per heavy atom. The van der Waals surface area contributed by atoms with E-state index in [1.807, 2.05) is 43.3 Å². The van der Waals surface area contributed by atoms with Crippen molar-refractivity contribution < 1.29 is 13.2 Å². The number of amides is 1. The summed E-state index contributed by atoms with van der Waals surface area (Å²) in [5.41, 5.74) is 1.64. The lowest BCUT2D eigenvalue weighted by molar-refractivity contribution is -0.118. The van der Waals surface area contributed by atoms with Gasteiger partial charge in [0.15, 0.2) is 0 Å². The van der Waals surface area contributed by atoms with Gasteiger partial charge in [0.25, 0.3) is 0 Å². The predicted octanol–water partition coefficient (Wildman–Crippen LogP) is 2.08. The second kappa shape index (κ2) is 6.14. The summed E-state index contributed by atoms with van der Waals surface area (Å²) >= 11 is 0. The molecule has 0 aromatic heterocycles. The molecule has 1 aliphatic rings. The third-order valence-corrected chi connectivity index (χ3v) is 5.34. The van der Waals surface area contributed by atoms with Gasteiger partial charge in [-0.1, -0.05) is 30.3 Å². The zero-order chi connectivity index (χ0) is 16.4. The number of sulfonamides is 1. The maximum absolute atomic E-state index is 12.5. The van der Waals surface area contributed by atoms with Gasteiger partial charge in [0.2, 0.25) is 15.9 Å². The Balaban J connectivity index is 1.78. The number of benzene rings is 2. The van der Waals surface area contributed by atoms with Gasteiger partial charge >= 0.3 is 0 Å². The molecule has 120 valence electrons. The molecule has 1 saturated heterocycles. The maximum Gasteiger partial charge on any atom is 0.245 e. The van der Waals surface area contributed by atoms with E-state index in [1.165, 1.54) is 6.07 Å². The molecular formula is C17H18N2O3S. The van der Waals surface area contributed by atoms with Gasteiger partial charge in [-0.2, -0.15) is 4.72 Å². The van der Waals surface area contributed by atoms with Gasteiger partial charge in [0.1, 0.15) is 6.04 Å². The quantitative estimate of drug-likeness (QED) is 0.933. The summed E-state index contributed by atoms with van der Waals surface area (Å²) in [4.78, 5) is 14.3. The minimum absolute atomic E-state index is 0.184. The van der Waals surface area contributed by atoms with Gasteiger partial charge in [-0.25, -0.2) is 8.42 Å². The van der Waals surface area contributed by atoms with Crippen LogP contribution in [0.4, 0.5) is 5.69 Å². The lowest BCUT2D eigenvalue weighted by atomic mass is 10.2. The van der Waals surface area contributed by atoms with Gasteiger partial charge in [0, 0.05) is 12.2 Å². The van der Waals surface area contributed by atoms with E-state index in [-0.39, 0.29) is 10.8 Å². The van der Waals surface area contributed by atoms with E-state index >= 15 is 0 Å². The van der Waals surface area contributed by atoms with Crippen molar-refractivity contribution in [3.63, 3.8) is 0 Å². The Bertz CT molecular complexity index is 819. The van der Waals surface area contributed by atoms with Crippen molar-refractivity contribution in [1.29, 1.82) is 0 Å². The maximum atomic E-state index is 12.5. The number of anilines is 1. The molecule has 0 radical (unpaired) electrons. The topological polar surface area (TPSA) is 66.5 Å². The van der Waals surface area contributed by atoms with Crippen molar-refractivity contribution >= 4 is 21.6 Å². The molecule has 1 amide bonds. The van der Waals surface area contributed by atoms with Crippen LogP contribution in [0.25, 0.3) is 0 Å². The Hall–Kier alpha value is -2.18. The van der Waals surface area contributed by atoms with Crippen LogP contribution in [0.15, 0.2) is 59.5 Å². The second-order valence-corrected chi connectivity index (χ2v) is 7.32. The zero-order valence-corrected chi connectivity index (χ0v) is 13.6. The number of carbonyl (C=O) groups excluding carboxylic acids is 1. The minimum Gasteiger partial charge on any atom is -0.311 e. The summed E-state index contributed by atoms with van der Waals surface area (Å²) in [5.74, 6) is -0.215. The zero-order valence-electron chi connectivity index (χ0n) is 12.8. The Labute approximate surface area is 136 Å². The Kier molecular flexibility index (Phi) is 4.19. The number of hydrogen-bond acceptors (Lipinski definition) is 3. The Morgan fingerprint density at radius 2 is 1.83 bits per heavy atom. The summed E-state index contributed by atoms with van der Waals surface area (Å²) in [5, 5.41) is 0. The van der Waals surface area contributed by atoms with Crippen LogP contribution >= 0.6 is 0 Å². The highest BCUT2D eigenvalue weighted by atomic mass is 32.2. The van der Waals surface area contributed by atoms with Crippen LogP contribution in [0.5, 0.6) is 0 Å². The molecule has 1 fully saturated rings. The largest absolute Gasteiger partial charge is 0.311 e. The molecule has 0 bridgehead atoms. The van der Waals surface area contributed by atoms with Crippen molar-refractivity contribution in [1.82, 2.24) is 4.72 Å². The van der Waals surface area contributed by atoms with Gasteiger partial charge in [-0.3, -0.25) is 4.79 Å². The average Bonchev–Trinajstić information content (AvgIpc) is 2.89. The van der Waals surface area contributed by atoms with Crippen molar-refractivity contribution in [2.75, 3.05) is 11.4 Å². The molecule has 23 heavy (non-hydrogen) atoms. The van der Waals surface area contributed by atoms with Crippen molar-refractivity contribution in [3.8, 4) is 0 Å². The third-order valence-electron chi connectivity index (χ3n) is 3.87. The molecule has 1 N–H and O–H groups in total. The lowest BCUT2D eigenvalue weighted by Gasteiger charge is -2.17. The summed E-state index contributed by atoms with van der Waals surface area (Å²) in [6, 6.07) is 15.2. The van der Waals surface area contributed by atoms with Gasteiger partial charge in [-0.15, -0.1) is 0 Å². The molecule has 3 rings (SSSR count). The van der Waals surface area contributed by atoms with Gasteiger partial charge in [0.05, 0.1) is 4.90 Å². The second-order valence-electron chi connectivity index (χ2n) is 5.60. The van der Waals surface area contributed by atoms with E-state index in [2.05, 4.69) is 4.72 Å². The predicted molar refractivity (Wildman–Crippen MR) is 88.7 cm³/mol. The number of nitrogens with zero attached hydrogens (tertiary/aromatic N) is 1. The number of carbonyl (C=O) groups is 1. The first-order valence-corrected chi connectivity index (χ1v) is 8.91. The third kappa shape index (κ3) is 3.28. The van der Waals surface area contributed by atoms with Crippen LogP contribution in [-0.4, -0.2) is 26.9 Å². The van der Waals surface area contributed by atoms with E-state index in [4.69, 9.17) is 0 Å². The number of aryl methyl sites for hydroxylation is 1. The molecule has 0 aliphatic carbocycles. The summed E-state index contributed by atoms with van der Waals surface area (Å²) in [7, 11) is -3.70. The molecule has 6 heteroatoms. The fraction of sp³-hybridized carbons (Fsp3) is 0.235. The lowest BCUT2D eigenvalue weighted by Crippen LogP contribution is -2.41. The van der Waals surface area contributed by atoms with Crippen LogP contribution in [0.1, 0.15) is 12.0 Å². The molecule has 0 spiro atoms. The van der Waals surface area contributed by atoms with E-state index in [0.717, 1.165) is 11.3 Å². The molecule has 2 aromatic rings.